The number of nitrogens with one attached hydrogen (secondary N) is 1. The standard InChI is InChI=1S/C10H17N3O/c1-3-9-7-14-5-4-13(9)10-11-6-8(2)12-10/h6,9H,3-5,7H2,1-2H3,(H,11,12). The van der Waals surface area contributed by atoms with Crippen molar-refractivity contribution in [3.05, 3.63) is 11.9 Å². The molecular weight excluding hydrogens is 178 g/mol. The highest BCUT2D eigenvalue weighted by atomic mass is 16.5. The second kappa shape index (κ2) is 4.00. The van der Waals surface area contributed by atoms with Crippen molar-refractivity contribution >= 4 is 5.95 Å². The van der Waals surface area contributed by atoms with Crippen LogP contribution in [-0.2, 0) is 4.74 Å². The van der Waals surface area contributed by atoms with Crippen LogP contribution in [0.1, 0.15) is 19.0 Å². The summed E-state index contributed by atoms with van der Waals surface area (Å²) in [4.78, 5) is 9.92. The summed E-state index contributed by atoms with van der Waals surface area (Å²) in [5, 5.41) is 0. The molecule has 1 saturated heterocycles. The number of rotatable bonds is 2. The monoisotopic (exact) mass is 195 g/mol. The Morgan fingerprint density at radius 1 is 1.71 bits per heavy atom. The molecule has 0 amide bonds. The van der Waals surface area contributed by atoms with E-state index in [0.29, 0.717) is 6.04 Å². The summed E-state index contributed by atoms with van der Waals surface area (Å²) in [6, 6.07) is 0.467. The molecule has 2 rings (SSSR count). The van der Waals surface area contributed by atoms with Crippen LogP contribution in [0, 0.1) is 6.92 Å². The lowest BCUT2D eigenvalue weighted by Crippen LogP contribution is -2.45. The van der Waals surface area contributed by atoms with Crippen LogP contribution in [0.3, 0.4) is 0 Å². The number of imidazole rings is 1. The Kier molecular flexibility index (Phi) is 2.72. The van der Waals surface area contributed by atoms with Crippen LogP contribution < -0.4 is 4.90 Å². The molecule has 1 fully saturated rings. The van der Waals surface area contributed by atoms with Gasteiger partial charge in [0.2, 0.25) is 5.95 Å². The molecule has 1 aliphatic heterocycles. The van der Waals surface area contributed by atoms with E-state index in [1.807, 2.05) is 13.1 Å². The second-order valence-electron chi connectivity index (χ2n) is 3.72. The van der Waals surface area contributed by atoms with E-state index in [9.17, 15) is 0 Å². The summed E-state index contributed by atoms with van der Waals surface area (Å²) < 4.78 is 5.45. The largest absolute Gasteiger partial charge is 0.377 e. The molecule has 0 spiro atoms. The van der Waals surface area contributed by atoms with Crippen LogP contribution in [0.4, 0.5) is 5.95 Å². The minimum atomic E-state index is 0.467. The highest BCUT2D eigenvalue weighted by Gasteiger charge is 2.23. The van der Waals surface area contributed by atoms with Crippen molar-refractivity contribution in [2.45, 2.75) is 26.3 Å². The Hall–Kier alpha value is -1.03. The summed E-state index contributed by atoms with van der Waals surface area (Å²) >= 11 is 0. The van der Waals surface area contributed by atoms with Gasteiger partial charge in [0.15, 0.2) is 0 Å². The summed E-state index contributed by atoms with van der Waals surface area (Å²) in [7, 11) is 0. The zero-order valence-corrected chi connectivity index (χ0v) is 8.79. The van der Waals surface area contributed by atoms with Gasteiger partial charge in [-0.05, 0) is 13.3 Å². The molecule has 4 nitrogen and oxygen atoms in total. The van der Waals surface area contributed by atoms with E-state index in [4.69, 9.17) is 4.74 Å². The molecule has 0 aliphatic carbocycles. The maximum absolute atomic E-state index is 5.45. The highest BCUT2D eigenvalue weighted by molar-refractivity contribution is 5.33. The van der Waals surface area contributed by atoms with Crippen LogP contribution >= 0.6 is 0 Å². The van der Waals surface area contributed by atoms with Crippen LogP contribution in [0.15, 0.2) is 6.20 Å². The number of hydrogen-bond acceptors (Lipinski definition) is 3. The van der Waals surface area contributed by atoms with Gasteiger partial charge in [-0.3, -0.25) is 0 Å². The number of morpholine rings is 1. The molecular formula is C10H17N3O. The van der Waals surface area contributed by atoms with Gasteiger partial charge in [-0.25, -0.2) is 4.98 Å². The zero-order chi connectivity index (χ0) is 9.97. The predicted molar refractivity (Wildman–Crippen MR) is 55.6 cm³/mol. The summed E-state index contributed by atoms with van der Waals surface area (Å²) in [6.45, 7) is 6.76. The zero-order valence-electron chi connectivity index (χ0n) is 8.79. The number of nitrogens with zero attached hydrogens (tertiary/aromatic N) is 2. The summed E-state index contributed by atoms with van der Waals surface area (Å²) in [5.41, 5.74) is 1.11. The average Bonchev–Trinajstić information content (AvgIpc) is 2.65. The fourth-order valence-electron chi connectivity index (χ4n) is 1.82. The van der Waals surface area contributed by atoms with Crippen LogP contribution in [0.5, 0.6) is 0 Å². The van der Waals surface area contributed by atoms with Gasteiger partial charge in [-0.15, -0.1) is 0 Å². The van der Waals surface area contributed by atoms with Crippen molar-refractivity contribution in [3.8, 4) is 0 Å². The van der Waals surface area contributed by atoms with Crippen molar-refractivity contribution in [2.75, 3.05) is 24.7 Å². The molecule has 0 bridgehead atoms. The van der Waals surface area contributed by atoms with Crippen molar-refractivity contribution in [1.29, 1.82) is 0 Å². The molecule has 1 aromatic heterocycles. The van der Waals surface area contributed by atoms with Gasteiger partial charge in [0, 0.05) is 18.4 Å². The number of hydrogen-bond donors (Lipinski definition) is 1. The molecule has 1 aromatic rings. The third-order valence-electron chi connectivity index (χ3n) is 2.66. The molecule has 14 heavy (non-hydrogen) atoms. The minimum Gasteiger partial charge on any atom is -0.377 e. The maximum atomic E-state index is 5.45. The Bertz CT molecular complexity index is 297. The van der Waals surface area contributed by atoms with Gasteiger partial charge in [0.05, 0.1) is 19.3 Å². The number of aryl methyl sites for hydroxylation is 1. The Labute approximate surface area is 84.3 Å². The van der Waals surface area contributed by atoms with E-state index < -0.39 is 0 Å². The van der Waals surface area contributed by atoms with Gasteiger partial charge >= 0.3 is 0 Å². The highest BCUT2D eigenvalue weighted by Crippen LogP contribution is 2.17. The quantitative estimate of drug-likeness (QED) is 0.774. The van der Waals surface area contributed by atoms with E-state index in [0.717, 1.165) is 37.8 Å². The first-order valence-corrected chi connectivity index (χ1v) is 5.17. The second-order valence-corrected chi connectivity index (χ2v) is 3.72. The predicted octanol–water partition coefficient (Wildman–Crippen LogP) is 1.33. The molecule has 0 radical (unpaired) electrons. The van der Waals surface area contributed by atoms with Crippen molar-refractivity contribution in [1.82, 2.24) is 9.97 Å². The molecule has 2 heterocycles. The van der Waals surface area contributed by atoms with Crippen molar-refractivity contribution < 1.29 is 4.74 Å². The van der Waals surface area contributed by atoms with E-state index >= 15 is 0 Å². The van der Waals surface area contributed by atoms with Gasteiger partial charge in [-0.1, -0.05) is 6.92 Å². The van der Waals surface area contributed by atoms with Crippen molar-refractivity contribution in [3.63, 3.8) is 0 Å². The third-order valence-corrected chi connectivity index (χ3v) is 2.66. The van der Waals surface area contributed by atoms with Gasteiger partial charge in [-0.2, -0.15) is 0 Å². The van der Waals surface area contributed by atoms with E-state index in [1.54, 1.807) is 0 Å². The lowest BCUT2D eigenvalue weighted by molar-refractivity contribution is 0.0922. The first-order valence-electron chi connectivity index (χ1n) is 5.17. The van der Waals surface area contributed by atoms with Gasteiger partial charge < -0.3 is 14.6 Å². The average molecular weight is 195 g/mol. The molecule has 1 N–H and O–H groups in total. The fourth-order valence-corrected chi connectivity index (χ4v) is 1.82. The van der Waals surface area contributed by atoms with Crippen LogP contribution in [0.2, 0.25) is 0 Å². The Balaban J connectivity index is 2.14. The molecule has 4 heteroatoms. The number of ether oxygens (including phenoxy) is 1. The number of H-pyrrole nitrogens is 1. The van der Waals surface area contributed by atoms with E-state index in [-0.39, 0.29) is 0 Å². The van der Waals surface area contributed by atoms with Gasteiger partial charge in [0.25, 0.3) is 0 Å². The van der Waals surface area contributed by atoms with Crippen LogP contribution in [0.25, 0.3) is 0 Å². The topological polar surface area (TPSA) is 41.1 Å². The number of aromatic nitrogens is 2. The lowest BCUT2D eigenvalue weighted by Gasteiger charge is -2.34. The first kappa shape index (κ1) is 9.52. The van der Waals surface area contributed by atoms with Crippen molar-refractivity contribution in [2.24, 2.45) is 0 Å². The summed E-state index contributed by atoms with van der Waals surface area (Å²) in [5.74, 6) is 0.984. The minimum absolute atomic E-state index is 0.467. The molecule has 78 valence electrons. The first-order chi connectivity index (χ1) is 6.81. The van der Waals surface area contributed by atoms with Gasteiger partial charge in [0.1, 0.15) is 0 Å². The Morgan fingerprint density at radius 2 is 2.57 bits per heavy atom. The lowest BCUT2D eigenvalue weighted by atomic mass is 10.2. The molecule has 1 aliphatic rings. The van der Waals surface area contributed by atoms with E-state index in [2.05, 4.69) is 21.8 Å². The normalized spacial score (nSPS) is 22.7. The number of anilines is 1. The smallest absolute Gasteiger partial charge is 0.203 e. The molecule has 1 unspecified atom stereocenters. The molecule has 0 saturated carbocycles. The third kappa shape index (κ3) is 1.75. The number of aromatic amines is 1. The van der Waals surface area contributed by atoms with Crippen LogP contribution in [-0.4, -0.2) is 35.8 Å². The SMILES string of the molecule is CCC1COCCN1c1ncc(C)[nH]1. The Morgan fingerprint density at radius 3 is 3.21 bits per heavy atom. The molecule has 0 aromatic carbocycles. The fraction of sp³-hybridized carbons (Fsp3) is 0.700. The molecule has 1 atom stereocenters. The van der Waals surface area contributed by atoms with E-state index in [1.165, 1.54) is 0 Å². The maximum Gasteiger partial charge on any atom is 0.203 e. The summed E-state index contributed by atoms with van der Waals surface area (Å²) in [6.07, 6.45) is 2.97.